The van der Waals surface area contributed by atoms with Crippen molar-refractivity contribution in [3.63, 3.8) is 0 Å². The highest BCUT2D eigenvalue weighted by Crippen LogP contribution is 2.15. The first kappa shape index (κ1) is 34.6. The Bertz CT molecular complexity index is 1900. The summed E-state index contributed by atoms with van der Waals surface area (Å²) in [5.41, 5.74) is 17.2. The molecule has 0 aliphatic heterocycles. The van der Waals surface area contributed by atoms with Gasteiger partial charge in [0.15, 0.2) is 19.7 Å². The molecule has 3 aromatic carbocycles. The standard InChI is InChI=1S/C27H30N12O7S2/c1-16-4-6-17(7-5-16)34-37-25(40)31-22-28-23(32-26(41)38-35-18-8-12-20(13-9-18)47(2,43)44)30-24(29-22)33-27(42)39-36-19-10-14-21(15-11-19)48(3,45)46/h4-15,34-36H,1-3H3,(H6,28,29,30,31,32,33,37,38,39,40,41,42). The van der Waals surface area contributed by atoms with Crippen LogP contribution in [0.4, 0.5) is 49.3 Å². The number of hydrogen-bond donors (Lipinski definition) is 9. The molecule has 19 nitrogen and oxygen atoms in total. The average molecular weight is 699 g/mol. The van der Waals surface area contributed by atoms with E-state index in [4.69, 9.17) is 0 Å². The number of nitrogens with one attached hydrogen (secondary N) is 9. The highest BCUT2D eigenvalue weighted by atomic mass is 32.2. The lowest BCUT2D eigenvalue weighted by Crippen LogP contribution is -2.36. The van der Waals surface area contributed by atoms with E-state index in [-0.39, 0.29) is 15.7 Å². The van der Waals surface area contributed by atoms with Crippen LogP contribution in [0, 0.1) is 6.92 Å². The average Bonchev–Trinajstić information content (AvgIpc) is 3.02. The van der Waals surface area contributed by atoms with E-state index in [1.54, 1.807) is 12.1 Å². The monoisotopic (exact) mass is 698 g/mol. The molecule has 1 aromatic heterocycles. The van der Waals surface area contributed by atoms with Crippen molar-refractivity contribution in [1.82, 2.24) is 31.2 Å². The Morgan fingerprint density at radius 3 is 1.02 bits per heavy atom. The first-order valence-electron chi connectivity index (χ1n) is 13.6. The maximum Gasteiger partial charge on any atom is 0.340 e. The second kappa shape index (κ2) is 14.9. The van der Waals surface area contributed by atoms with Crippen LogP contribution in [0.3, 0.4) is 0 Å². The summed E-state index contributed by atoms with van der Waals surface area (Å²) in [6.07, 6.45) is 2.13. The molecule has 1 heterocycles. The normalized spacial score (nSPS) is 11.0. The minimum Gasteiger partial charge on any atom is -0.297 e. The quantitative estimate of drug-likeness (QED) is 0.102. The molecule has 6 amide bonds. The molecule has 4 aromatic rings. The van der Waals surface area contributed by atoms with E-state index in [0.717, 1.165) is 18.1 Å². The fraction of sp³-hybridized carbons (Fsp3) is 0.111. The first-order valence-corrected chi connectivity index (χ1v) is 17.3. The smallest absolute Gasteiger partial charge is 0.297 e. The lowest BCUT2D eigenvalue weighted by Gasteiger charge is -2.13. The minimum absolute atomic E-state index is 0.0879. The molecule has 252 valence electrons. The summed E-state index contributed by atoms with van der Waals surface area (Å²) in [5, 5.41) is 6.99. The van der Waals surface area contributed by atoms with Crippen molar-refractivity contribution in [3.05, 3.63) is 78.4 Å². The van der Waals surface area contributed by atoms with Crippen LogP contribution in [-0.2, 0) is 19.7 Å². The number of amides is 6. The van der Waals surface area contributed by atoms with E-state index >= 15 is 0 Å². The molecule has 0 bridgehead atoms. The molecule has 48 heavy (non-hydrogen) atoms. The van der Waals surface area contributed by atoms with Gasteiger partial charge in [-0.2, -0.15) is 15.0 Å². The number of aromatic nitrogens is 3. The Morgan fingerprint density at radius 2 is 0.750 bits per heavy atom. The molecular formula is C27H30N12O7S2. The maximum absolute atomic E-state index is 12.6. The number of carbonyl (C=O) groups excluding carboxylic acids is 3. The van der Waals surface area contributed by atoms with Gasteiger partial charge in [0.25, 0.3) is 0 Å². The van der Waals surface area contributed by atoms with Gasteiger partial charge in [-0.3, -0.25) is 48.5 Å². The van der Waals surface area contributed by atoms with Crippen LogP contribution in [-0.4, -0.2) is 62.4 Å². The summed E-state index contributed by atoms with van der Waals surface area (Å²) < 4.78 is 46.6. The van der Waals surface area contributed by atoms with Crippen molar-refractivity contribution in [2.75, 3.05) is 44.7 Å². The van der Waals surface area contributed by atoms with Crippen LogP contribution in [0.1, 0.15) is 5.56 Å². The molecule has 0 atom stereocenters. The van der Waals surface area contributed by atoms with Gasteiger partial charge in [-0.1, -0.05) is 17.7 Å². The predicted molar refractivity (Wildman–Crippen MR) is 177 cm³/mol. The molecule has 21 heteroatoms. The summed E-state index contributed by atoms with van der Waals surface area (Å²) in [6.45, 7) is 1.91. The highest BCUT2D eigenvalue weighted by molar-refractivity contribution is 7.91. The van der Waals surface area contributed by atoms with Crippen molar-refractivity contribution in [1.29, 1.82) is 0 Å². The number of anilines is 6. The van der Waals surface area contributed by atoms with E-state index in [0.29, 0.717) is 17.1 Å². The molecule has 0 unspecified atom stereocenters. The first-order chi connectivity index (χ1) is 22.6. The van der Waals surface area contributed by atoms with Crippen molar-refractivity contribution >= 4 is 72.7 Å². The molecule has 0 saturated heterocycles. The minimum atomic E-state index is -3.41. The lowest BCUT2D eigenvalue weighted by atomic mass is 10.2. The molecule has 4 rings (SSSR count). The van der Waals surface area contributed by atoms with Gasteiger partial charge in [-0.05, 0) is 67.6 Å². The zero-order valence-electron chi connectivity index (χ0n) is 25.4. The zero-order chi connectivity index (χ0) is 34.9. The molecule has 0 aliphatic rings. The molecule has 0 aliphatic carbocycles. The zero-order valence-corrected chi connectivity index (χ0v) is 27.1. The van der Waals surface area contributed by atoms with Crippen molar-refractivity contribution < 1.29 is 31.2 Å². The third kappa shape index (κ3) is 10.7. The SMILES string of the molecule is Cc1ccc(NNC(=O)Nc2nc(NC(=O)NNc3ccc(S(C)(=O)=O)cc3)nc(NC(=O)NNc3ccc(S(C)(=O)=O)cc3)n2)cc1. The van der Waals surface area contributed by atoms with Gasteiger partial charge in [0.05, 0.1) is 26.9 Å². The van der Waals surface area contributed by atoms with Crippen LogP contribution in [0.25, 0.3) is 0 Å². The Hall–Kier alpha value is -6.22. The molecule has 0 spiro atoms. The Kier molecular flexibility index (Phi) is 10.8. The van der Waals surface area contributed by atoms with Crippen LogP contribution in [0.5, 0.6) is 0 Å². The molecule has 0 saturated carbocycles. The summed E-state index contributed by atoms with van der Waals surface area (Å²) in [7, 11) is -6.82. The summed E-state index contributed by atoms with van der Waals surface area (Å²) in [4.78, 5) is 49.8. The van der Waals surface area contributed by atoms with E-state index in [2.05, 4.69) is 63.5 Å². The third-order valence-electron chi connectivity index (χ3n) is 5.89. The van der Waals surface area contributed by atoms with Gasteiger partial charge < -0.3 is 0 Å². The van der Waals surface area contributed by atoms with Crippen LogP contribution >= 0.6 is 0 Å². The number of aryl methyl sites for hydroxylation is 1. The number of nitrogens with zero attached hydrogens (tertiary/aromatic N) is 3. The van der Waals surface area contributed by atoms with E-state index in [9.17, 15) is 31.2 Å². The summed E-state index contributed by atoms with van der Waals surface area (Å²) >= 11 is 0. The fourth-order valence-corrected chi connectivity index (χ4v) is 4.80. The Labute approximate surface area is 274 Å². The predicted octanol–water partition coefficient (Wildman–Crippen LogP) is 2.43. The number of rotatable bonds is 11. The Morgan fingerprint density at radius 1 is 0.479 bits per heavy atom. The second-order valence-corrected chi connectivity index (χ2v) is 13.9. The molecular weight excluding hydrogens is 669 g/mol. The number of hydrogen-bond acceptors (Lipinski definition) is 13. The van der Waals surface area contributed by atoms with Crippen molar-refractivity contribution in [2.45, 2.75) is 16.7 Å². The van der Waals surface area contributed by atoms with Gasteiger partial charge in [0, 0.05) is 12.5 Å². The van der Waals surface area contributed by atoms with Gasteiger partial charge in [0.1, 0.15) is 0 Å². The van der Waals surface area contributed by atoms with Crippen LogP contribution in [0.15, 0.2) is 82.6 Å². The van der Waals surface area contributed by atoms with Gasteiger partial charge in [-0.15, -0.1) is 0 Å². The third-order valence-corrected chi connectivity index (χ3v) is 8.15. The van der Waals surface area contributed by atoms with Gasteiger partial charge in [-0.25, -0.2) is 31.2 Å². The summed E-state index contributed by atoms with van der Waals surface area (Å²) in [5.74, 6) is -1.15. The number of benzene rings is 3. The molecule has 9 N–H and O–H groups in total. The van der Waals surface area contributed by atoms with Gasteiger partial charge >= 0.3 is 18.1 Å². The lowest BCUT2D eigenvalue weighted by molar-refractivity contribution is 0.253. The molecule has 0 radical (unpaired) electrons. The highest BCUT2D eigenvalue weighted by Gasteiger charge is 2.15. The Balaban J connectivity index is 1.42. The van der Waals surface area contributed by atoms with Crippen molar-refractivity contribution in [3.8, 4) is 0 Å². The maximum atomic E-state index is 12.6. The largest absolute Gasteiger partial charge is 0.340 e. The number of sulfone groups is 2. The number of urea groups is 3. The topological polar surface area (TPSA) is 266 Å². The van der Waals surface area contributed by atoms with Crippen LogP contribution in [0.2, 0.25) is 0 Å². The summed E-state index contributed by atoms with van der Waals surface area (Å²) in [6, 6.07) is 15.7. The van der Waals surface area contributed by atoms with Crippen LogP contribution < -0.4 is 48.5 Å². The number of carbonyl (C=O) groups is 3. The van der Waals surface area contributed by atoms with E-state index < -0.39 is 49.7 Å². The fourth-order valence-electron chi connectivity index (χ4n) is 3.54. The molecule has 0 fully saturated rings. The van der Waals surface area contributed by atoms with Gasteiger partial charge in [0.2, 0.25) is 17.8 Å². The second-order valence-electron chi connectivity index (χ2n) is 9.88. The number of hydrazine groups is 3. The van der Waals surface area contributed by atoms with Crippen molar-refractivity contribution in [2.24, 2.45) is 0 Å². The van der Waals surface area contributed by atoms with E-state index in [1.165, 1.54) is 48.5 Å². The van der Waals surface area contributed by atoms with E-state index in [1.807, 2.05) is 19.1 Å².